The van der Waals surface area contributed by atoms with Crippen molar-refractivity contribution in [1.29, 1.82) is 0 Å². The van der Waals surface area contributed by atoms with Crippen molar-refractivity contribution in [3.63, 3.8) is 0 Å². The Labute approximate surface area is 184 Å². The summed E-state index contributed by atoms with van der Waals surface area (Å²) in [6, 6.07) is 6.86. The van der Waals surface area contributed by atoms with Crippen molar-refractivity contribution >= 4 is 11.5 Å². The van der Waals surface area contributed by atoms with Gasteiger partial charge in [-0.1, -0.05) is 18.2 Å². The van der Waals surface area contributed by atoms with Crippen molar-refractivity contribution in [2.75, 3.05) is 20.3 Å². The molecule has 0 spiro atoms. The zero-order valence-corrected chi connectivity index (χ0v) is 17.8. The van der Waals surface area contributed by atoms with Gasteiger partial charge in [0.15, 0.2) is 11.9 Å². The van der Waals surface area contributed by atoms with Crippen LogP contribution in [-0.4, -0.2) is 43.2 Å². The quantitative estimate of drug-likeness (QED) is 0.553. The largest absolute Gasteiger partial charge is 0.494 e. The average Bonchev–Trinajstić information content (AvgIpc) is 3.27. The van der Waals surface area contributed by atoms with Crippen LogP contribution in [-0.2, 0) is 16.0 Å². The number of alkyl halides is 2. The Morgan fingerprint density at radius 2 is 2.19 bits per heavy atom. The van der Waals surface area contributed by atoms with E-state index in [1.165, 1.54) is 25.5 Å². The molecule has 2 atom stereocenters. The molecule has 170 valence electrons. The molecule has 9 heteroatoms. The number of para-hydroxylation sites is 1. The van der Waals surface area contributed by atoms with E-state index in [-0.39, 0.29) is 30.5 Å². The van der Waals surface area contributed by atoms with Crippen molar-refractivity contribution < 1.29 is 32.2 Å². The number of aromatic nitrogens is 1. The molecule has 1 heterocycles. The second-order valence-corrected chi connectivity index (χ2v) is 6.71. The van der Waals surface area contributed by atoms with Crippen LogP contribution in [0.2, 0.25) is 0 Å². The van der Waals surface area contributed by atoms with Gasteiger partial charge in [-0.05, 0) is 31.2 Å². The third-order valence-electron chi connectivity index (χ3n) is 4.60. The molecule has 0 radical (unpaired) electrons. The van der Waals surface area contributed by atoms with Crippen LogP contribution in [0.3, 0.4) is 0 Å². The van der Waals surface area contributed by atoms with Gasteiger partial charge in [0.05, 0.1) is 43.7 Å². The van der Waals surface area contributed by atoms with E-state index < -0.39 is 17.8 Å². The van der Waals surface area contributed by atoms with E-state index in [1.54, 1.807) is 24.3 Å². The van der Waals surface area contributed by atoms with Crippen LogP contribution in [0.5, 0.6) is 5.75 Å². The lowest BCUT2D eigenvalue weighted by Crippen LogP contribution is -2.42. The number of benzene rings is 1. The van der Waals surface area contributed by atoms with Gasteiger partial charge in [0.2, 0.25) is 5.89 Å². The predicted octanol–water partition coefficient (Wildman–Crippen LogP) is 4.14. The Morgan fingerprint density at radius 3 is 2.91 bits per heavy atom. The first-order chi connectivity index (χ1) is 15.4. The molecule has 2 aromatic rings. The highest BCUT2D eigenvalue weighted by Crippen LogP contribution is 2.40. The summed E-state index contributed by atoms with van der Waals surface area (Å²) in [5, 5.41) is 2.73. The maximum absolute atomic E-state index is 15.3. The van der Waals surface area contributed by atoms with Crippen LogP contribution >= 0.6 is 0 Å². The standard InChI is InChI=1S/C23H24F2N2O5/c1-4-12-32-23(25)19(24)11-10-17(20(23)29-3)22-27-15(14-31-22)13-26-21(28)16-8-6-7-9-18(16)30-5-2/h4,6-11,14,19H,1,5,12-13H2,2-3H3,(H,26,28). The maximum Gasteiger partial charge on any atom is 0.303 e. The van der Waals surface area contributed by atoms with Crippen LogP contribution in [0.25, 0.3) is 5.57 Å². The van der Waals surface area contributed by atoms with E-state index in [4.69, 9.17) is 18.6 Å². The van der Waals surface area contributed by atoms with Gasteiger partial charge >= 0.3 is 5.85 Å². The third kappa shape index (κ3) is 4.72. The van der Waals surface area contributed by atoms with Crippen molar-refractivity contribution in [1.82, 2.24) is 10.3 Å². The predicted molar refractivity (Wildman–Crippen MR) is 113 cm³/mol. The number of hydrogen-bond donors (Lipinski definition) is 1. The SMILES string of the molecule is C=CCOC1(F)C(OC)=C(c2nc(CNC(=O)c3ccccc3OCC)co2)C=CC1F. The Hall–Kier alpha value is -3.46. The lowest BCUT2D eigenvalue weighted by atomic mass is 9.98. The number of nitrogens with one attached hydrogen (secondary N) is 1. The van der Waals surface area contributed by atoms with Crippen molar-refractivity contribution in [2.45, 2.75) is 25.5 Å². The van der Waals surface area contributed by atoms with E-state index in [9.17, 15) is 9.18 Å². The van der Waals surface area contributed by atoms with Crippen LogP contribution in [0.1, 0.15) is 28.9 Å². The minimum absolute atomic E-state index is 0.00630. The third-order valence-corrected chi connectivity index (χ3v) is 4.60. The smallest absolute Gasteiger partial charge is 0.303 e. The topological polar surface area (TPSA) is 82.8 Å². The first-order valence-corrected chi connectivity index (χ1v) is 9.94. The van der Waals surface area contributed by atoms with Crippen molar-refractivity contribution in [3.05, 3.63) is 78.2 Å². The summed E-state index contributed by atoms with van der Waals surface area (Å²) < 4.78 is 50.6. The van der Waals surface area contributed by atoms with E-state index in [1.807, 2.05) is 6.92 Å². The molecule has 1 aliphatic rings. The number of oxazole rings is 1. The summed E-state index contributed by atoms with van der Waals surface area (Å²) in [6.45, 7) is 5.51. The summed E-state index contributed by atoms with van der Waals surface area (Å²) in [7, 11) is 1.20. The molecule has 1 N–H and O–H groups in total. The molecule has 3 rings (SSSR count). The molecule has 32 heavy (non-hydrogen) atoms. The number of nitrogens with zero attached hydrogens (tertiary/aromatic N) is 1. The highest BCUT2D eigenvalue weighted by atomic mass is 19.2. The molecule has 7 nitrogen and oxygen atoms in total. The van der Waals surface area contributed by atoms with Crippen molar-refractivity contribution in [3.8, 4) is 5.75 Å². The number of rotatable bonds is 10. The Kier molecular flexibility index (Phi) is 7.42. The molecule has 0 bridgehead atoms. The number of ether oxygens (including phenoxy) is 3. The number of carbonyl (C=O) groups is 1. The maximum atomic E-state index is 15.3. The van der Waals surface area contributed by atoms with Crippen LogP contribution < -0.4 is 10.1 Å². The normalized spacial score (nSPS) is 20.2. The molecule has 2 unspecified atom stereocenters. The van der Waals surface area contributed by atoms with Gasteiger partial charge in [0.1, 0.15) is 12.0 Å². The molecule has 0 fully saturated rings. The van der Waals surface area contributed by atoms with Gasteiger partial charge in [-0.15, -0.1) is 6.58 Å². The highest BCUT2D eigenvalue weighted by Gasteiger charge is 2.49. The molecular weight excluding hydrogens is 422 g/mol. The van der Waals surface area contributed by atoms with Gasteiger partial charge in [-0.3, -0.25) is 4.79 Å². The van der Waals surface area contributed by atoms with Gasteiger partial charge in [0.25, 0.3) is 5.91 Å². The highest BCUT2D eigenvalue weighted by molar-refractivity contribution is 5.96. The molecule has 0 saturated carbocycles. The lowest BCUT2D eigenvalue weighted by Gasteiger charge is -2.31. The molecule has 1 aromatic heterocycles. The molecule has 1 amide bonds. The summed E-state index contributed by atoms with van der Waals surface area (Å²) in [5.41, 5.74) is 0.845. The minimum Gasteiger partial charge on any atom is -0.494 e. The second-order valence-electron chi connectivity index (χ2n) is 6.71. The van der Waals surface area contributed by atoms with E-state index >= 15 is 4.39 Å². The molecule has 1 aromatic carbocycles. The number of halogens is 2. The monoisotopic (exact) mass is 446 g/mol. The number of methoxy groups -OCH3 is 1. The van der Waals surface area contributed by atoms with Crippen LogP contribution in [0.4, 0.5) is 8.78 Å². The van der Waals surface area contributed by atoms with E-state index in [2.05, 4.69) is 16.9 Å². The van der Waals surface area contributed by atoms with E-state index in [0.29, 0.717) is 23.6 Å². The Balaban J connectivity index is 1.78. The Bertz CT molecular complexity index is 1030. The summed E-state index contributed by atoms with van der Waals surface area (Å²) >= 11 is 0. The second kappa shape index (κ2) is 10.2. The zero-order chi connectivity index (χ0) is 23.1. The lowest BCUT2D eigenvalue weighted by molar-refractivity contribution is -0.164. The molecule has 0 saturated heterocycles. The van der Waals surface area contributed by atoms with Gasteiger partial charge < -0.3 is 23.9 Å². The molecule has 0 aliphatic heterocycles. The number of hydrogen-bond acceptors (Lipinski definition) is 6. The van der Waals surface area contributed by atoms with Crippen LogP contribution in [0, 0.1) is 0 Å². The molecular formula is C23H24F2N2O5. The summed E-state index contributed by atoms with van der Waals surface area (Å²) in [4.78, 5) is 16.8. The summed E-state index contributed by atoms with van der Waals surface area (Å²) in [6.07, 6.45) is 2.84. The number of amides is 1. The average molecular weight is 446 g/mol. The van der Waals surface area contributed by atoms with Crippen molar-refractivity contribution in [2.24, 2.45) is 0 Å². The fourth-order valence-electron chi connectivity index (χ4n) is 3.15. The summed E-state index contributed by atoms with van der Waals surface area (Å²) in [5.74, 6) is -3.15. The van der Waals surface area contributed by atoms with Gasteiger partial charge in [-0.25, -0.2) is 9.37 Å². The fourth-order valence-corrected chi connectivity index (χ4v) is 3.15. The minimum atomic E-state index is -2.85. The number of carbonyl (C=O) groups excluding carboxylic acids is 1. The first-order valence-electron chi connectivity index (χ1n) is 9.94. The first kappa shape index (κ1) is 23.2. The number of allylic oxidation sites excluding steroid dienone is 2. The van der Waals surface area contributed by atoms with Crippen LogP contribution in [0.15, 0.2) is 65.5 Å². The van der Waals surface area contributed by atoms with E-state index in [0.717, 1.165) is 6.08 Å². The fraction of sp³-hybridized carbons (Fsp3) is 0.304. The molecule has 1 aliphatic carbocycles. The van der Waals surface area contributed by atoms with Gasteiger partial charge in [0, 0.05) is 0 Å². The Morgan fingerprint density at radius 1 is 1.41 bits per heavy atom. The zero-order valence-electron chi connectivity index (χ0n) is 17.8. The van der Waals surface area contributed by atoms with Gasteiger partial charge in [-0.2, -0.15) is 4.39 Å².